The van der Waals surface area contributed by atoms with Gasteiger partial charge in [0.1, 0.15) is 17.5 Å². The molecule has 0 aliphatic heterocycles. The van der Waals surface area contributed by atoms with Crippen LogP contribution in [0.15, 0.2) is 53.1 Å². The highest BCUT2D eigenvalue weighted by Gasteiger charge is 2.04. The minimum absolute atomic E-state index is 0.810. The van der Waals surface area contributed by atoms with Gasteiger partial charge in [0, 0.05) is 17.1 Å². The largest absolute Gasteiger partial charge is 0.456 e. The Labute approximate surface area is 87.2 Å². The van der Waals surface area contributed by atoms with E-state index < -0.39 is 0 Å². The number of furan rings is 1. The van der Waals surface area contributed by atoms with Crippen LogP contribution in [0.3, 0.4) is 0 Å². The van der Waals surface area contributed by atoms with E-state index >= 15 is 0 Å². The first-order valence-corrected chi connectivity index (χ1v) is 4.75. The van der Waals surface area contributed by atoms with E-state index in [1.54, 1.807) is 6.20 Å². The third-order valence-corrected chi connectivity index (χ3v) is 2.30. The Kier molecular flexibility index (Phi) is 1.78. The minimum atomic E-state index is 0.810. The van der Waals surface area contributed by atoms with Crippen molar-refractivity contribution in [2.45, 2.75) is 0 Å². The van der Waals surface area contributed by atoms with E-state index in [-0.39, 0.29) is 0 Å². The predicted molar refractivity (Wildman–Crippen MR) is 58.3 cm³/mol. The van der Waals surface area contributed by atoms with Gasteiger partial charge in [-0.15, -0.1) is 0 Å². The molecule has 0 fully saturated rings. The molecule has 0 saturated heterocycles. The van der Waals surface area contributed by atoms with E-state index in [1.165, 1.54) is 0 Å². The first-order chi connectivity index (χ1) is 7.43. The normalized spacial score (nSPS) is 10.7. The predicted octanol–water partition coefficient (Wildman–Crippen LogP) is 3.29. The first kappa shape index (κ1) is 8.24. The second-order valence-electron chi connectivity index (χ2n) is 3.31. The Morgan fingerprint density at radius 2 is 2.00 bits per heavy atom. The van der Waals surface area contributed by atoms with Gasteiger partial charge in [-0.25, -0.2) is 0 Å². The maximum atomic E-state index is 5.68. The second kappa shape index (κ2) is 3.24. The van der Waals surface area contributed by atoms with Crippen LogP contribution < -0.4 is 0 Å². The molecule has 0 unspecified atom stereocenters. The zero-order valence-corrected chi connectivity index (χ0v) is 7.97. The van der Waals surface area contributed by atoms with E-state index in [0.29, 0.717) is 0 Å². The standard InChI is InChI=1S/C13H8NO/c1-2-6-12-10(4-1)8-13(15-12)11-5-3-7-14-9-11/h1-8H. The molecule has 71 valence electrons. The van der Waals surface area contributed by atoms with Gasteiger partial charge in [0.25, 0.3) is 0 Å². The Hall–Kier alpha value is -2.09. The molecule has 1 radical (unpaired) electrons. The first-order valence-electron chi connectivity index (χ1n) is 4.75. The monoisotopic (exact) mass is 194 g/mol. The minimum Gasteiger partial charge on any atom is -0.456 e. The van der Waals surface area contributed by atoms with Crippen LogP contribution in [0, 0.1) is 6.20 Å². The van der Waals surface area contributed by atoms with Crippen LogP contribution in [-0.4, -0.2) is 4.98 Å². The maximum absolute atomic E-state index is 5.68. The van der Waals surface area contributed by atoms with Gasteiger partial charge in [-0.05, 0) is 24.3 Å². The number of para-hydroxylation sites is 1. The van der Waals surface area contributed by atoms with Crippen molar-refractivity contribution in [1.82, 2.24) is 4.98 Å². The average Bonchev–Trinajstić information content (AvgIpc) is 2.74. The van der Waals surface area contributed by atoms with Crippen molar-refractivity contribution in [3.05, 3.63) is 54.9 Å². The number of rotatable bonds is 1. The molecule has 3 aromatic rings. The average molecular weight is 194 g/mol. The molecular weight excluding hydrogens is 186 g/mol. The van der Waals surface area contributed by atoms with Crippen LogP contribution >= 0.6 is 0 Å². The fraction of sp³-hybridized carbons (Fsp3) is 0. The highest BCUT2D eigenvalue weighted by molar-refractivity contribution is 5.82. The quantitative estimate of drug-likeness (QED) is 0.594. The third-order valence-electron chi connectivity index (χ3n) is 2.30. The third kappa shape index (κ3) is 1.40. The summed E-state index contributed by atoms with van der Waals surface area (Å²) in [4.78, 5) is 3.95. The summed E-state index contributed by atoms with van der Waals surface area (Å²) in [5, 5.41) is 1.10. The molecule has 0 aliphatic rings. The topological polar surface area (TPSA) is 26.0 Å². The fourth-order valence-electron chi connectivity index (χ4n) is 1.58. The maximum Gasteiger partial charge on any atom is 0.137 e. The lowest BCUT2D eigenvalue weighted by Gasteiger charge is -1.91. The fourth-order valence-corrected chi connectivity index (χ4v) is 1.58. The highest BCUT2D eigenvalue weighted by Crippen LogP contribution is 2.26. The number of aromatic nitrogens is 1. The molecule has 0 aliphatic carbocycles. The summed E-state index contributed by atoms with van der Waals surface area (Å²) < 4.78 is 5.68. The Bertz CT molecular complexity index is 551. The van der Waals surface area contributed by atoms with E-state index in [1.807, 2.05) is 42.5 Å². The summed E-state index contributed by atoms with van der Waals surface area (Å²) in [5.41, 5.74) is 1.78. The molecule has 0 atom stereocenters. The van der Waals surface area contributed by atoms with E-state index in [4.69, 9.17) is 4.42 Å². The molecular formula is C13H8NO. The van der Waals surface area contributed by atoms with Crippen molar-refractivity contribution >= 4 is 11.0 Å². The van der Waals surface area contributed by atoms with Gasteiger partial charge in [0.05, 0.1) is 0 Å². The van der Waals surface area contributed by atoms with E-state index in [0.717, 1.165) is 22.3 Å². The summed E-state index contributed by atoms with van der Waals surface area (Å²) in [6, 6.07) is 13.7. The lowest BCUT2D eigenvalue weighted by atomic mass is 10.2. The molecule has 1 aromatic carbocycles. The molecule has 15 heavy (non-hydrogen) atoms. The number of nitrogens with zero attached hydrogens (tertiary/aromatic N) is 1. The SMILES string of the molecule is [c]1ncccc1-c1cc2ccccc2o1. The zero-order chi connectivity index (χ0) is 10.1. The van der Waals surface area contributed by atoms with Crippen LogP contribution in [-0.2, 0) is 0 Å². The number of hydrogen-bond acceptors (Lipinski definition) is 2. The number of hydrogen-bond donors (Lipinski definition) is 0. The van der Waals surface area contributed by atoms with E-state index in [2.05, 4.69) is 11.2 Å². The van der Waals surface area contributed by atoms with Gasteiger partial charge in [-0.1, -0.05) is 18.2 Å². The molecule has 2 aromatic heterocycles. The molecule has 2 heteroatoms. The van der Waals surface area contributed by atoms with Crippen LogP contribution in [0.1, 0.15) is 0 Å². The second-order valence-corrected chi connectivity index (χ2v) is 3.31. The van der Waals surface area contributed by atoms with Gasteiger partial charge in [0.2, 0.25) is 0 Å². The molecule has 0 amide bonds. The molecule has 2 heterocycles. The van der Waals surface area contributed by atoms with Crippen molar-refractivity contribution < 1.29 is 4.42 Å². The Morgan fingerprint density at radius 1 is 1.07 bits per heavy atom. The van der Waals surface area contributed by atoms with Crippen molar-refractivity contribution in [1.29, 1.82) is 0 Å². The summed E-state index contributed by atoms with van der Waals surface area (Å²) in [6.45, 7) is 0. The van der Waals surface area contributed by atoms with Gasteiger partial charge in [-0.3, -0.25) is 4.98 Å². The molecule has 3 rings (SSSR count). The highest BCUT2D eigenvalue weighted by atomic mass is 16.3. The summed E-state index contributed by atoms with van der Waals surface area (Å²) in [7, 11) is 0. The summed E-state index contributed by atoms with van der Waals surface area (Å²) in [5.74, 6) is 0.810. The van der Waals surface area contributed by atoms with Crippen LogP contribution in [0.4, 0.5) is 0 Å². The molecule has 2 nitrogen and oxygen atoms in total. The summed E-state index contributed by atoms with van der Waals surface area (Å²) in [6.07, 6.45) is 4.60. The lowest BCUT2D eigenvalue weighted by molar-refractivity contribution is 0.631. The molecule has 0 spiro atoms. The van der Waals surface area contributed by atoms with E-state index in [9.17, 15) is 0 Å². The lowest BCUT2D eigenvalue weighted by Crippen LogP contribution is -1.74. The van der Waals surface area contributed by atoms with Crippen molar-refractivity contribution in [2.75, 3.05) is 0 Å². The molecule has 0 bridgehead atoms. The number of pyridine rings is 1. The van der Waals surface area contributed by atoms with Crippen molar-refractivity contribution in [3.8, 4) is 11.3 Å². The zero-order valence-electron chi connectivity index (χ0n) is 7.97. The Morgan fingerprint density at radius 3 is 2.80 bits per heavy atom. The van der Waals surface area contributed by atoms with Gasteiger partial charge < -0.3 is 4.42 Å². The Balaban J connectivity index is 2.21. The van der Waals surface area contributed by atoms with Gasteiger partial charge in [0.15, 0.2) is 0 Å². The molecule has 0 saturated carbocycles. The summed E-state index contributed by atoms with van der Waals surface area (Å²) >= 11 is 0. The number of fused-ring (bicyclic) bond motifs is 1. The molecule has 0 N–H and O–H groups in total. The van der Waals surface area contributed by atoms with Crippen LogP contribution in [0.2, 0.25) is 0 Å². The van der Waals surface area contributed by atoms with Crippen molar-refractivity contribution in [3.63, 3.8) is 0 Å². The smallest absolute Gasteiger partial charge is 0.137 e. The van der Waals surface area contributed by atoms with Gasteiger partial charge >= 0.3 is 0 Å². The van der Waals surface area contributed by atoms with Crippen molar-refractivity contribution in [2.24, 2.45) is 0 Å². The van der Waals surface area contributed by atoms with Crippen LogP contribution in [0.5, 0.6) is 0 Å². The van der Waals surface area contributed by atoms with Crippen LogP contribution in [0.25, 0.3) is 22.3 Å². The number of benzene rings is 1. The van der Waals surface area contributed by atoms with Gasteiger partial charge in [-0.2, -0.15) is 0 Å².